The number of aliphatic hydroxyl groups excluding tert-OH is 2. The zero-order valence-electron chi connectivity index (χ0n) is 8.25. The van der Waals surface area contributed by atoms with Gasteiger partial charge in [-0.05, 0) is 23.8 Å². The van der Waals surface area contributed by atoms with Gasteiger partial charge < -0.3 is 15.3 Å². The molecule has 0 aliphatic rings. The van der Waals surface area contributed by atoms with Crippen LogP contribution in [0.5, 0.6) is 0 Å². The number of carboxylic acid groups (broad SMARTS) is 1. The van der Waals surface area contributed by atoms with Crippen LogP contribution in [0.2, 0.25) is 0 Å². The third-order valence-electron chi connectivity index (χ3n) is 1.97. The van der Waals surface area contributed by atoms with Crippen molar-refractivity contribution in [3.05, 3.63) is 47.8 Å². The summed E-state index contributed by atoms with van der Waals surface area (Å²) in [6.45, 7) is 0. The number of aliphatic carboxylic acids is 1. The van der Waals surface area contributed by atoms with E-state index >= 15 is 0 Å². The topological polar surface area (TPSA) is 77.8 Å². The number of hydrogen-bond donors (Lipinski definition) is 3. The van der Waals surface area contributed by atoms with Gasteiger partial charge in [0.15, 0.2) is 0 Å². The zero-order valence-corrected chi connectivity index (χ0v) is 8.25. The lowest BCUT2D eigenvalue weighted by atomic mass is 10.0. The normalized spacial score (nSPS) is 14.9. The molecule has 0 heterocycles. The van der Waals surface area contributed by atoms with Gasteiger partial charge in [-0.25, -0.2) is 9.18 Å². The van der Waals surface area contributed by atoms with Crippen LogP contribution >= 0.6 is 0 Å². The first-order valence-electron chi connectivity index (χ1n) is 4.53. The molecule has 0 amide bonds. The van der Waals surface area contributed by atoms with Crippen LogP contribution in [-0.2, 0) is 4.79 Å². The minimum atomic E-state index is -1.35. The Morgan fingerprint density at radius 3 is 2.31 bits per heavy atom. The van der Waals surface area contributed by atoms with E-state index in [9.17, 15) is 19.4 Å². The Morgan fingerprint density at radius 2 is 1.81 bits per heavy atom. The zero-order chi connectivity index (χ0) is 12.1. The molecule has 0 saturated heterocycles. The SMILES string of the molecule is O=C(O)/C=C/C(O)C(O)c1ccc(F)cc1. The monoisotopic (exact) mass is 226 g/mol. The fourth-order valence-electron chi connectivity index (χ4n) is 1.14. The molecule has 2 atom stereocenters. The van der Waals surface area contributed by atoms with E-state index < -0.39 is 24.0 Å². The molecule has 2 unspecified atom stereocenters. The molecule has 0 bridgehead atoms. The van der Waals surface area contributed by atoms with E-state index in [-0.39, 0.29) is 0 Å². The molecule has 0 spiro atoms. The van der Waals surface area contributed by atoms with Crippen LogP contribution in [0, 0.1) is 5.82 Å². The van der Waals surface area contributed by atoms with Crippen LogP contribution in [0.4, 0.5) is 4.39 Å². The number of carboxylic acids is 1. The van der Waals surface area contributed by atoms with Gasteiger partial charge in [0.2, 0.25) is 0 Å². The van der Waals surface area contributed by atoms with Crippen LogP contribution in [-0.4, -0.2) is 27.4 Å². The third-order valence-corrected chi connectivity index (χ3v) is 1.97. The number of benzene rings is 1. The van der Waals surface area contributed by atoms with Gasteiger partial charge >= 0.3 is 5.97 Å². The van der Waals surface area contributed by atoms with Gasteiger partial charge in [0, 0.05) is 6.08 Å². The molecule has 16 heavy (non-hydrogen) atoms. The highest BCUT2D eigenvalue weighted by Crippen LogP contribution is 2.17. The molecule has 1 rings (SSSR count). The molecule has 86 valence electrons. The summed E-state index contributed by atoms with van der Waals surface area (Å²) in [5.74, 6) is -1.67. The molecule has 0 fully saturated rings. The van der Waals surface area contributed by atoms with Crippen molar-refractivity contribution in [2.45, 2.75) is 12.2 Å². The van der Waals surface area contributed by atoms with Crippen molar-refractivity contribution in [2.24, 2.45) is 0 Å². The quantitative estimate of drug-likeness (QED) is 0.665. The maximum absolute atomic E-state index is 12.6. The molecule has 0 aliphatic carbocycles. The van der Waals surface area contributed by atoms with Crippen LogP contribution < -0.4 is 0 Å². The first-order valence-corrected chi connectivity index (χ1v) is 4.53. The molecule has 5 heteroatoms. The second-order valence-corrected chi connectivity index (χ2v) is 3.18. The van der Waals surface area contributed by atoms with Crippen molar-refractivity contribution in [2.75, 3.05) is 0 Å². The predicted molar refractivity (Wildman–Crippen MR) is 54.1 cm³/mol. The van der Waals surface area contributed by atoms with Gasteiger partial charge in [-0.2, -0.15) is 0 Å². The molecule has 0 radical (unpaired) electrons. The summed E-state index contributed by atoms with van der Waals surface area (Å²) >= 11 is 0. The molecule has 0 aromatic heterocycles. The number of carbonyl (C=O) groups is 1. The van der Waals surface area contributed by atoms with Crippen LogP contribution in [0.25, 0.3) is 0 Å². The van der Waals surface area contributed by atoms with Gasteiger partial charge in [-0.15, -0.1) is 0 Å². The Hall–Kier alpha value is -1.72. The second-order valence-electron chi connectivity index (χ2n) is 3.18. The summed E-state index contributed by atoms with van der Waals surface area (Å²) in [6, 6.07) is 4.92. The average molecular weight is 226 g/mol. The van der Waals surface area contributed by atoms with Crippen LogP contribution in [0.15, 0.2) is 36.4 Å². The van der Waals surface area contributed by atoms with E-state index in [0.29, 0.717) is 5.56 Å². The minimum Gasteiger partial charge on any atom is -0.478 e. The molecule has 3 N–H and O–H groups in total. The summed E-state index contributed by atoms with van der Waals surface area (Å²) < 4.78 is 12.6. The van der Waals surface area contributed by atoms with Crippen molar-refractivity contribution in [3.8, 4) is 0 Å². The van der Waals surface area contributed by atoms with E-state index in [1.54, 1.807) is 0 Å². The van der Waals surface area contributed by atoms with E-state index in [2.05, 4.69) is 0 Å². The second kappa shape index (κ2) is 5.39. The van der Waals surface area contributed by atoms with E-state index in [4.69, 9.17) is 5.11 Å². The number of halogens is 1. The Labute approximate surface area is 91.3 Å². The highest BCUT2D eigenvalue weighted by Gasteiger charge is 2.15. The molecule has 4 nitrogen and oxygen atoms in total. The van der Waals surface area contributed by atoms with E-state index in [1.165, 1.54) is 12.1 Å². The van der Waals surface area contributed by atoms with Crippen molar-refractivity contribution in [3.63, 3.8) is 0 Å². The molecular formula is C11H11FO4. The van der Waals surface area contributed by atoms with Crippen molar-refractivity contribution >= 4 is 5.97 Å². The maximum atomic E-state index is 12.6. The van der Waals surface area contributed by atoms with Gasteiger partial charge in [-0.3, -0.25) is 0 Å². The third kappa shape index (κ3) is 3.45. The fraction of sp³-hybridized carbons (Fsp3) is 0.182. The molecule has 0 saturated carbocycles. The molecule has 0 aliphatic heterocycles. The highest BCUT2D eigenvalue weighted by molar-refractivity contribution is 5.79. The summed E-state index contributed by atoms with van der Waals surface area (Å²) in [5, 5.41) is 27.3. The van der Waals surface area contributed by atoms with Gasteiger partial charge in [0.1, 0.15) is 18.0 Å². The Kier molecular flexibility index (Phi) is 4.16. The Balaban J connectivity index is 2.73. The average Bonchev–Trinajstić information content (AvgIpc) is 2.26. The summed E-state index contributed by atoms with van der Waals surface area (Å²) in [7, 11) is 0. The Morgan fingerprint density at radius 1 is 1.25 bits per heavy atom. The van der Waals surface area contributed by atoms with E-state index in [0.717, 1.165) is 24.3 Å². The smallest absolute Gasteiger partial charge is 0.328 e. The molecule has 1 aromatic carbocycles. The number of hydrogen-bond acceptors (Lipinski definition) is 3. The van der Waals surface area contributed by atoms with Crippen molar-refractivity contribution in [1.29, 1.82) is 0 Å². The Bertz CT molecular complexity index is 385. The molecular weight excluding hydrogens is 215 g/mol. The van der Waals surface area contributed by atoms with Gasteiger partial charge in [-0.1, -0.05) is 12.1 Å². The van der Waals surface area contributed by atoms with Gasteiger partial charge in [0.05, 0.1) is 0 Å². The molecule has 1 aromatic rings. The van der Waals surface area contributed by atoms with Gasteiger partial charge in [0.25, 0.3) is 0 Å². The van der Waals surface area contributed by atoms with Crippen LogP contribution in [0.3, 0.4) is 0 Å². The van der Waals surface area contributed by atoms with Crippen molar-refractivity contribution in [1.82, 2.24) is 0 Å². The maximum Gasteiger partial charge on any atom is 0.328 e. The van der Waals surface area contributed by atoms with Crippen LogP contribution in [0.1, 0.15) is 11.7 Å². The minimum absolute atomic E-state index is 0.309. The highest BCUT2D eigenvalue weighted by atomic mass is 19.1. The fourth-order valence-corrected chi connectivity index (χ4v) is 1.14. The lowest BCUT2D eigenvalue weighted by Crippen LogP contribution is -2.15. The lowest BCUT2D eigenvalue weighted by molar-refractivity contribution is -0.131. The number of rotatable bonds is 4. The van der Waals surface area contributed by atoms with E-state index in [1.807, 2.05) is 0 Å². The summed E-state index contributed by atoms with van der Waals surface area (Å²) in [6.07, 6.45) is -0.939. The standard InChI is InChI=1S/C11H11FO4/c12-8-3-1-7(2-4-8)11(16)9(13)5-6-10(14)15/h1-6,9,11,13,16H,(H,14,15)/b6-5+. The first-order chi connectivity index (χ1) is 7.50. The van der Waals surface area contributed by atoms with Crippen molar-refractivity contribution < 1.29 is 24.5 Å². The summed E-state index contributed by atoms with van der Waals surface area (Å²) in [4.78, 5) is 10.2. The summed E-state index contributed by atoms with van der Waals surface area (Å²) in [5.41, 5.74) is 0.309. The lowest BCUT2D eigenvalue weighted by Gasteiger charge is -2.14. The largest absolute Gasteiger partial charge is 0.478 e. The number of aliphatic hydroxyl groups is 2. The predicted octanol–water partition coefficient (Wildman–Crippen LogP) is 0.861. The first kappa shape index (κ1) is 12.4.